The Hall–Kier alpha value is -4.20. The van der Waals surface area contributed by atoms with E-state index in [4.69, 9.17) is 18.6 Å². The fourth-order valence-corrected chi connectivity index (χ4v) is 2.89. The van der Waals surface area contributed by atoms with Crippen molar-refractivity contribution in [2.24, 2.45) is 0 Å². The number of amides is 2. The molecule has 3 aromatic rings. The van der Waals surface area contributed by atoms with E-state index in [0.29, 0.717) is 35.3 Å². The fraction of sp³-hybridized carbons (Fsp3) is 0.167. The molecule has 2 N–H and O–H groups in total. The second-order valence-electron chi connectivity index (χ2n) is 6.48. The number of methoxy groups -OCH3 is 2. The van der Waals surface area contributed by atoms with Crippen LogP contribution in [-0.4, -0.2) is 32.6 Å². The first kappa shape index (κ1) is 22.5. The van der Waals surface area contributed by atoms with Crippen molar-refractivity contribution in [3.05, 3.63) is 77.9 Å². The number of hydrogen-bond acceptors (Lipinski definition) is 6. The summed E-state index contributed by atoms with van der Waals surface area (Å²) in [5, 5.41) is 5.42. The number of ether oxygens (including phenoxy) is 3. The van der Waals surface area contributed by atoms with Gasteiger partial charge in [-0.15, -0.1) is 0 Å². The molecule has 0 radical (unpaired) electrons. The summed E-state index contributed by atoms with van der Waals surface area (Å²) in [5.74, 6) is 0.764. The van der Waals surface area contributed by atoms with Crippen LogP contribution in [0.5, 0.6) is 17.2 Å². The molecule has 1 aromatic heterocycles. The average Bonchev–Trinajstić information content (AvgIpc) is 3.32. The quantitative estimate of drug-likeness (QED) is 0.490. The molecular formula is C24H24N2O6. The third-order valence-electron chi connectivity index (χ3n) is 4.40. The summed E-state index contributed by atoms with van der Waals surface area (Å²) in [6.07, 6.45) is 2.92. The lowest BCUT2D eigenvalue weighted by atomic mass is 10.1. The molecule has 0 spiro atoms. The zero-order chi connectivity index (χ0) is 22.9. The largest absolute Gasteiger partial charge is 0.493 e. The SMILES string of the molecule is CCOc1ccccc1NC(=O)/C(=C/c1ccco1)NC(=O)c1ccc(OC)c(OC)c1. The molecule has 0 aliphatic heterocycles. The smallest absolute Gasteiger partial charge is 0.272 e. The Balaban J connectivity index is 1.87. The fourth-order valence-electron chi connectivity index (χ4n) is 2.89. The zero-order valence-electron chi connectivity index (χ0n) is 18.0. The van der Waals surface area contributed by atoms with E-state index in [1.165, 1.54) is 32.6 Å². The van der Waals surface area contributed by atoms with Gasteiger partial charge in [0.05, 0.1) is 32.8 Å². The molecule has 0 unspecified atom stereocenters. The number of furan rings is 1. The molecular weight excluding hydrogens is 412 g/mol. The number of rotatable bonds is 9. The van der Waals surface area contributed by atoms with Crippen LogP contribution in [0, 0.1) is 0 Å². The number of benzene rings is 2. The molecule has 1 heterocycles. The van der Waals surface area contributed by atoms with E-state index in [0.717, 1.165) is 0 Å². The predicted molar refractivity (Wildman–Crippen MR) is 120 cm³/mol. The van der Waals surface area contributed by atoms with Gasteiger partial charge in [-0.25, -0.2) is 0 Å². The van der Waals surface area contributed by atoms with Crippen LogP contribution in [0.4, 0.5) is 5.69 Å². The monoisotopic (exact) mass is 436 g/mol. The summed E-state index contributed by atoms with van der Waals surface area (Å²) in [6.45, 7) is 2.29. The third kappa shape index (κ3) is 5.48. The molecule has 32 heavy (non-hydrogen) atoms. The maximum absolute atomic E-state index is 13.0. The third-order valence-corrected chi connectivity index (χ3v) is 4.40. The Labute approximate surface area is 185 Å². The van der Waals surface area contributed by atoms with Gasteiger partial charge in [0.15, 0.2) is 11.5 Å². The molecule has 0 saturated heterocycles. The molecule has 3 rings (SSSR count). The first-order valence-corrected chi connectivity index (χ1v) is 9.87. The highest BCUT2D eigenvalue weighted by Gasteiger charge is 2.18. The van der Waals surface area contributed by atoms with Crippen molar-refractivity contribution in [3.8, 4) is 17.2 Å². The van der Waals surface area contributed by atoms with Gasteiger partial charge in [0.1, 0.15) is 17.2 Å². The first-order valence-electron chi connectivity index (χ1n) is 9.87. The van der Waals surface area contributed by atoms with Gasteiger partial charge in [0.2, 0.25) is 0 Å². The molecule has 0 saturated carbocycles. The molecule has 8 heteroatoms. The van der Waals surface area contributed by atoms with Crippen LogP contribution >= 0.6 is 0 Å². The predicted octanol–water partition coefficient (Wildman–Crippen LogP) is 4.11. The summed E-state index contributed by atoms with van der Waals surface area (Å²) >= 11 is 0. The lowest BCUT2D eigenvalue weighted by Crippen LogP contribution is -2.30. The van der Waals surface area contributed by atoms with Gasteiger partial charge in [0, 0.05) is 11.6 Å². The van der Waals surface area contributed by atoms with Gasteiger partial charge >= 0.3 is 0 Å². The topological polar surface area (TPSA) is 99.0 Å². The van der Waals surface area contributed by atoms with Gasteiger partial charge in [0.25, 0.3) is 11.8 Å². The van der Waals surface area contributed by atoms with Gasteiger partial charge in [-0.2, -0.15) is 0 Å². The number of carbonyl (C=O) groups is 2. The summed E-state index contributed by atoms with van der Waals surface area (Å²) < 4.78 is 21.3. The maximum Gasteiger partial charge on any atom is 0.272 e. The number of hydrogen-bond donors (Lipinski definition) is 2. The van der Waals surface area contributed by atoms with Gasteiger partial charge in [-0.1, -0.05) is 12.1 Å². The van der Waals surface area contributed by atoms with Gasteiger partial charge in [-0.05, 0) is 49.4 Å². The lowest BCUT2D eigenvalue weighted by Gasteiger charge is -2.14. The van der Waals surface area contributed by atoms with E-state index >= 15 is 0 Å². The van der Waals surface area contributed by atoms with E-state index in [1.807, 2.05) is 6.92 Å². The van der Waals surface area contributed by atoms with E-state index in [1.54, 1.807) is 48.5 Å². The van der Waals surface area contributed by atoms with Crippen molar-refractivity contribution in [2.75, 3.05) is 26.1 Å². The number of carbonyl (C=O) groups excluding carboxylic acids is 2. The molecule has 2 amide bonds. The van der Waals surface area contributed by atoms with Crippen LogP contribution in [0.25, 0.3) is 6.08 Å². The van der Waals surface area contributed by atoms with Crippen molar-refractivity contribution in [1.29, 1.82) is 0 Å². The summed E-state index contributed by atoms with van der Waals surface area (Å²) in [4.78, 5) is 25.9. The van der Waals surface area contributed by atoms with Crippen LogP contribution in [-0.2, 0) is 4.79 Å². The minimum atomic E-state index is -0.539. The Morgan fingerprint density at radius 2 is 1.75 bits per heavy atom. The molecule has 0 aliphatic carbocycles. The Morgan fingerprint density at radius 1 is 0.969 bits per heavy atom. The molecule has 0 fully saturated rings. The Morgan fingerprint density at radius 3 is 2.44 bits per heavy atom. The van der Waals surface area contributed by atoms with Crippen LogP contribution in [0.2, 0.25) is 0 Å². The van der Waals surface area contributed by atoms with Gasteiger partial charge in [-0.3, -0.25) is 9.59 Å². The van der Waals surface area contributed by atoms with Crippen LogP contribution < -0.4 is 24.8 Å². The molecule has 166 valence electrons. The molecule has 0 bridgehead atoms. The minimum absolute atomic E-state index is 0.00830. The van der Waals surface area contributed by atoms with E-state index < -0.39 is 11.8 Å². The molecule has 8 nitrogen and oxygen atoms in total. The highest BCUT2D eigenvalue weighted by atomic mass is 16.5. The first-order chi connectivity index (χ1) is 15.5. The van der Waals surface area contributed by atoms with Crippen molar-refractivity contribution in [2.45, 2.75) is 6.92 Å². The van der Waals surface area contributed by atoms with E-state index in [2.05, 4.69) is 10.6 Å². The average molecular weight is 436 g/mol. The Kier molecular flexibility index (Phi) is 7.53. The van der Waals surface area contributed by atoms with Gasteiger partial charge < -0.3 is 29.3 Å². The number of para-hydroxylation sites is 2. The standard InChI is InChI=1S/C24H24N2O6/c1-4-31-20-10-6-5-9-18(20)25-24(28)19(15-17-8-7-13-32-17)26-23(27)16-11-12-21(29-2)22(14-16)30-3/h5-15H,4H2,1-3H3,(H,25,28)(H,26,27)/b19-15-. The second kappa shape index (κ2) is 10.7. The maximum atomic E-state index is 13.0. The summed E-state index contributed by atoms with van der Waals surface area (Å²) in [6, 6.07) is 15.1. The van der Waals surface area contributed by atoms with Crippen molar-refractivity contribution >= 4 is 23.6 Å². The number of anilines is 1. The van der Waals surface area contributed by atoms with Crippen molar-refractivity contribution < 1.29 is 28.2 Å². The molecule has 0 atom stereocenters. The van der Waals surface area contributed by atoms with Crippen LogP contribution in [0.1, 0.15) is 23.0 Å². The van der Waals surface area contributed by atoms with E-state index in [9.17, 15) is 9.59 Å². The zero-order valence-corrected chi connectivity index (χ0v) is 18.0. The van der Waals surface area contributed by atoms with Crippen LogP contribution in [0.3, 0.4) is 0 Å². The molecule has 0 aliphatic rings. The summed E-state index contributed by atoms with van der Waals surface area (Å²) in [5.41, 5.74) is 0.756. The lowest BCUT2D eigenvalue weighted by molar-refractivity contribution is -0.113. The summed E-state index contributed by atoms with van der Waals surface area (Å²) in [7, 11) is 2.98. The highest BCUT2D eigenvalue weighted by Crippen LogP contribution is 2.28. The second-order valence-corrected chi connectivity index (χ2v) is 6.48. The minimum Gasteiger partial charge on any atom is -0.493 e. The van der Waals surface area contributed by atoms with Crippen molar-refractivity contribution in [3.63, 3.8) is 0 Å². The Bertz CT molecular complexity index is 1110. The molecule has 2 aromatic carbocycles. The highest BCUT2D eigenvalue weighted by molar-refractivity contribution is 6.11. The van der Waals surface area contributed by atoms with Crippen LogP contribution in [0.15, 0.2) is 71.0 Å². The van der Waals surface area contributed by atoms with E-state index in [-0.39, 0.29) is 11.3 Å². The normalized spacial score (nSPS) is 10.9. The number of nitrogens with one attached hydrogen (secondary N) is 2. The van der Waals surface area contributed by atoms with Crippen molar-refractivity contribution in [1.82, 2.24) is 5.32 Å².